The van der Waals surface area contributed by atoms with Crippen molar-refractivity contribution in [2.75, 3.05) is 0 Å². The average Bonchev–Trinajstić information content (AvgIpc) is 2.84. The van der Waals surface area contributed by atoms with E-state index >= 15 is 0 Å². The van der Waals surface area contributed by atoms with Gasteiger partial charge in [0.05, 0.1) is 0 Å². The molecule has 1 aromatic rings. The number of hydrogen-bond donors (Lipinski definition) is 1. The normalized spacial score (nSPS) is 20.0. The first-order chi connectivity index (χ1) is 5.79. The fourth-order valence-electron chi connectivity index (χ4n) is 1.27. The topological polar surface area (TPSA) is 37.3 Å². The molecule has 0 fully saturated rings. The third-order valence-corrected chi connectivity index (χ3v) is 1.98. The van der Waals surface area contributed by atoms with Crippen LogP contribution in [0.25, 0.3) is 0 Å². The van der Waals surface area contributed by atoms with E-state index in [0.29, 0.717) is 5.57 Å². The van der Waals surface area contributed by atoms with Crippen molar-refractivity contribution in [1.29, 1.82) is 0 Å². The molecule has 0 radical (unpaired) electrons. The summed E-state index contributed by atoms with van der Waals surface area (Å²) < 4.78 is 0. The Morgan fingerprint density at radius 1 is 1.25 bits per heavy atom. The van der Waals surface area contributed by atoms with Crippen molar-refractivity contribution in [3.05, 3.63) is 47.5 Å². The van der Waals surface area contributed by atoms with Crippen LogP contribution in [-0.4, -0.2) is 11.1 Å². The Kier molecular flexibility index (Phi) is 1.47. The van der Waals surface area contributed by atoms with Gasteiger partial charge in [-0.3, -0.25) is 0 Å². The van der Waals surface area contributed by atoms with Gasteiger partial charge in [-0.15, -0.1) is 0 Å². The van der Waals surface area contributed by atoms with Crippen LogP contribution in [0.1, 0.15) is 11.5 Å². The van der Waals surface area contributed by atoms with Crippen LogP contribution in [0.3, 0.4) is 0 Å². The van der Waals surface area contributed by atoms with E-state index in [0.717, 1.165) is 5.56 Å². The van der Waals surface area contributed by atoms with Crippen LogP contribution in [0.4, 0.5) is 0 Å². The molecule has 0 spiro atoms. The molecule has 0 aliphatic heterocycles. The van der Waals surface area contributed by atoms with E-state index < -0.39 is 5.97 Å². The van der Waals surface area contributed by atoms with Gasteiger partial charge in [0.15, 0.2) is 0 Å². The van der Waals surface area contributed by atoms with Crippen LogP contribution < -0.4 is 0 Å². The van der Waals surface area contributed by atoms with Crippen molar-refractivity contribution < 1.29 is 9.90 Å². The van der Waals surface area contributed by atoms with Crippen molar-refractivity contribution in [2.24, 2.45) is 0 Å². The first-order valence-electron chi connectivity index (χ1n) is 3.79. The van der Waals surface area contributed by atoms with E-state index in [1.165, 1.54) is 0 Å². The van der Waals surface area contributed by atoms with Gasteiger partial charge in [-0.05, 0) is 5.56 Å². The summed E-state index contributed by atoms with van der Waals surface area (Å²) in [6, 6.07) is 9.64. The van der Waals surface area contributed by atoms with Gasteiger partial charge in [0.25, 0.3) is 0 Å². The molecule has 12 heavy (non-hydrogen) atoms. The van der Waals surface area contributed by atoms with E-state index in [1.54, 1.807) is 6.08 Å². The van der Waals surface area contributed by atoms with E-state index in [9.17, 15) is 4.79 Å². The highest BCUT2D eigenvalue weighted by molar-refractivity contribution is 5.94. The Morgan fingerprint density at radius 2 is 1.92 bits per heavy atom. The number of carboxylic acids is 1. The van der Waals surface area contributed by atoms with E-state index in [2.05, 4.69) is 0 Å². The molecule has 0 heterocycles. The maximum Gasteiger partial charge on any atom is 0.332 e. The number of allylic oxidation sites excluding steroid dienone is 1. The largest absolute Gasteiger partial charge is 0.478 e. The third-order valence-electron chi connectivity index (χ3n) is 1.98. The van der Waals surface area contributed by atoms with E-state index in [-0.39, 0.29) is 5.92 Å². The minimum Gasteiger partial charge on any atom is -0.478 e. The molecule has 2 nitrogen and oxygen atoms in total. The highest BCUT2D eigenvalue weighted by atomic mass is 16.4. The quantitative estimate of drug-likeness (QED) is 0.716. The molecule has 0 aromatic heterocycles. The van der Waals surface area contributed by atoms with Crippen LogP contribution in [0, 0.1) is 0 Å². The molecule has 1 N–H and O–H groups in total. The number of carboxylic acid groups (broad SMARTS) is 1. The van der Waals surface area contributed by atoms with Crippen LogP contribution >= 0.6 is 0 Å². The second-order valence-corrected chi connectivity index (χ2v) is 2.82. The molecule has 1 aromatic carbocycles. The zero-order valence-corrected chi connectivity index (χ0v) is 6.40. The number of rotatable bonds is 2. The van der Waals surface area contributed by atoms with Gasteiger partial charge in [0, 0.05) is 11.5 Å². The van der Waals surface area contributed by atoms with Gasteiger partial charge in [-0.2, -0.15) is 0 Å². The summed E-state index contributed by atoms with van der Waals surface area (Å²) in [5, 5.41) is 8.62. The fraction of sp³-hybridized carbons (Fsp3) is 0.100. The van der Waals surface area contributed by atoms with Gasteiger partial charge in [0.1, 0.15) is 0 Å². The maximum atomic E-state index is 10.5. The first-order valence-corrected chi connectivity index (χ1v) is 3.79. The highest BCUT2D eigenvalue weighted by Crippen LogP contribution is 2.38. The summed E-state index contributed by atoms with van der Waals surface area (Å²) in [6.45, 7) is 0. The SMILES string of the molecule is O=C(O)C1=CC1c1ccccc1. The number of aliphatic carboxylic acids is 1. The molecular weight excluding hydrogens is 152 g/mol. The van der Waals surface area contributed by atoms with Crippen molar-refractivity contribution in [3.63, 3.8) is 0 Å². The molecule has 1 aliphatic carbocycles. The van der Waals surface area contributed by atoms with E-state index in [4.69, 9.17) is 5.11 Å². The Morgan fingerprint density at radius 3 is 2.42 bits per heavy atom. The Bertz CT molecular complexity index is 338. The van der Waals surface area contributed by atoms with Crippen molar-refractivity contribution >= 4 is 5.97 Å². The lowest BCUT2D eigenvalue weighted by Crippen LogP contribution is -1.94. The van der Waals surface area contributed by atoms with Crippen LogP contribution in [0.15, 0.2) is 42.0 Å². The molecule has 0 amide bonds. The molecular formula is C10H8O2. The lowest BCUT2D eigenvalue weighted by atomic mass is 10.1. The molecule has 2 heteroatoms. The van der Waals surface area contributed by atoms with Crippen molar-refractivity contribution in [3.8, 4) is 0 Å². The minimum absolute atomic E-state index is 0.0590. The number of hydrogen-bond acceptors (Lipinski definition) is 1. The Hall–Kier alpha value is -1.57. The lowest BCUT2D eigenvalue weighted by Gasteiger charge is -1.96. The third kappa shape index (κ3) is 1.11. The molecule has 60 valence electrons. The summed E-state index contributed by atoms with van der Waals surface area (Å²) in [4.78, 5) is 10.5. The van der Waals surface area contributed by atoms with Gasteiger partial charge in [0.2, 0.25) is 0 Å². The average molecular weight is 160 g/mol. The summed E-state index contributed by atoms with van der Waals surface area (Å²) in [6.07, 6.45) is 1.76. The zero-order valence-electron chi connectivity index (χ0n) is 6.40. The summed E-state index contributed by atoms with van der Waals surface area (Å²) >= 11 is 0. The fourth-order valence-corrected chi connectivity index (χ4v) is 1.27. The molecule has 1 aliphatic rings. The molecule has 0 saturated heterocycles. The van der Waals surface area contributed by atoms with Crippen LogP contribution in [0.5, 0.6) is 0 Å². The predicted molar refractivity (Wildman–Crippen MR) is 44.9 cm³/mol. The monoisotopic (exact) mass is 160 g/mol. The Labute approximate surface area is 70.2 Å². The lowest BCUT2D eigenvalue weighted by molar-refractivity contribution is -0.132. The maximum absolute atomic E-state index is 10.5. The second kappa shape index (κ2) is 2.48. The number of carbonyl (C=O) groups is 1. The highest BCUT2D eigenvalue weighted by Gasteiger charge is 2.31. The van der Waals surface area contributed by atoms with Crippen LogP contribution in [-0.2, 0) is 4.79 Å². The number of benzene rings is 1. The summed E-state index contributed by atoms with van der Waals surface area (Å²) in [5.41, 5.74) is 1.58. The molecule has 1 atom stereocenters. The van der Waals surface area contributed by atoms with Gasteiger partial charge in [-0.1, -0.05) is 36.4 Å². The van der Waals surface area contributed by atoms with Gasteiger partial charge >= 0.3 is 5.97 Å². The molecule has 2 rings (SSSR count). The minimum atomic E-state index is -0.802. The molecule has 1 unspecified atom stereocenters. The van der Waals surface area contributed by atoms with E-state index in [1.807, 2.05) is 30.3 Å². The molecule has 0 bridgehead atoms. The standard InChI is InChI=1S/C10H8O2/c11-10(12)9-6-8(9)7-4-2-1-3-5-7/h1-6,8H,(H,11,12). The Balaban J connectivity index is 2.13. The smallest absolute Gasteiger partial charge is 0.332 e. The summed E-state index contributed by atoms with van der Waals surface area (Å²) in [7, 11) is 0. The molecule has 0 saturated carbocycles. The second-order valence-electron chi connectivity index (χ2n) is 2.82. The first kappa shape index (κ1) is 7.10. The van der Waals surface area contributed by atoms with Crippen molar-refractivity contribution in [2.45, 2.75) is 5.92 Å². The predicted octanol–water partition coefficient (Wildman–Crippen LogP) is 1.79. The van der Waals surface area contributed by atoms with Crippen LogP contribution in [0.2, 0.25) is 0 Å². The zero-order chi connectivity index (χ0) is 8.55. The van der Waals surface area contributed by atoms with Crippen molar-refractivity contribution in [1.82, 2.24) is 0 Å². The van der Waals surface area contributed by atoms with Gasteiger partial charge < -0.3 is 5.11 Å². The summed E-state index contributed by atoms with van der Waals surface area (Å²) in [5.74, 6) is -0.743. The van der Waals surface area contributed by atoms with Gasteiger partial charge in [-0.25, -0.2) is 4.79 Å².